The van der Waals surface area contributed by atoms with Crippen LogP contribution in [-0.2, 0) is 16.0 Å². The second kappa shape index (κ2) is 6.16. The van der Waals surface area contributed by atoms with Crippen molar-refractivity contribution in [3.8, 4) is 5.75 Å². The first-order valence-corrected chi connectivity index (χ1v) is 5.46. The van der Waals surface area contributed by atoms with E-state index in [2.05, 4.69) is 11.7 Å². The number of esters is 1. The Balaban J connectivity index is 2.36. The van der Waals surface area contributed by atoms with Crippen molar-refractivity contribution in [2.75, 3.05) is 7.11 Å². The predicted octanol–water partition coefficient (Wildman–Crippen LogP) is 2.52. The maximum Gasteiger partial charge on any atom is 0.305 e. The lowest BCUT2D eigenvalue weighted by atomic mass is 9.97. The highest BCUT2D eigenvalue weighted by molar-refractivity contribution is 5.69. The SMILES string of the molecule is COC(=O)CC[C@@H](C)Cc1ccc(O)cc1. The zero-order chi connectivity index (χ0) is 12.0. The fraction of sp³-hybridized carbons (Fsp3) is 0.462. The standard InChI is InChI=1S/C13H18O3/c1-10(3-8-13(15)16-2)9-11-4-6-12(14)7-5-11/h4-7,10,14H,3,8-9H2,1-2H3/t10-/m1/s1. The first-order chi connectivity index (χ1) is 7.61. The van der Waals surface area contributed by atoms with E-state index >= 15 is 0 Å². The van der Waals surface area contributed by atoms with E-state index in [-0.39, 0.29) is 11.7 Å². The Labute approximate surface area is 96.1 Å². The Kier molecular flexibility index (Phi) is 4.83. The topological polar surface area (TPSA) is 46.5 Å². The van der Waals surface area contributed by atoms with Crippen molar-refractivity contribution < 1.29 is 14.6 Å². The predicted molar refractivity (Wildman–Crippen MR) is 62.2 cm³/mol. The molecule has 0 aliphatic carbocycles. The first kappa shape index (κ1) is 12.6. The third-order valence-corrected chi connectivity index (χ3v) is 2.59. The van der Waals surface area contributed by atoms with E-state index in [1.807, 2.05) is 12.1 Å². The van der Waals surface area contributed by atoms with Crippen molar-refractivity contribution in [2.45, 2.75) is 26.2 Å². The number of methoxy groups -OCH3 is 1. The Morgan fingerprint density at radius 1 is 1.38 bits per heavy atom. The summed E-state index contributed by atoms with van der Waals surface area (Å²) < 4.78 is 4.59. The van der Waals surface area contributed by atoms with Gasteiger partial charge in [0.05, 0.1) is 7.11 Å². The molecule has 0 aliphatic rings. The van der Waals surface area contributed by atoms with Gasteiger partial charge in [-0.25, -0.2) is 0 Å². The molecule has 0 fully saturated rings. The molecule has 88 valence electrons. The first-order valence-electron chi connectivity index (χ1n) is 5.46. The average Bonchev–Trinajstić information content (AvgIpc) is 2.29. The Morgan fingerprint density at radius 2 is 2.00 bits per heavy atom. The van der Waals surface area contributed by atoms with Crippen LogP contribution in [0.4, 0.5) is 0 Å². The van der Waals surface area contributed by atoms with Crippen molar-refractivity contribution in [2.24, 2.45) is 5.92 Å². The highest BCUT2D eigenvalue weighted by Gasteiger charge is 2.07. The molecule has 3 heteroatoms. The number of rotatable bonds is 5. The van der Waals surface area contributed by atoms with E-state index in [0.29, 0.717) is 12.3 Å². The number of phenolic OH excluding ortho intramolecular Hbond substituents is 1. The molecular weight excluding hydrogens is 204 g/mol. The largest absolute Gasteiger partial charge is 0.508 e. The third kappa shape index (κ3) is 4.34. The van der Waals surface area contributed by atoms with Crippen LogP contribution in [0.1, 0.15) is 25.3 Å². The van der Waals surface area contributed by atoms with Crippen LogP contribution in [0, 0.1) is 5.92 Å². The lowest BCUT2D eigenvalue weighted by Gasteiger charge is -2.10. The Morgan fingerprint density at radius 3 is 2.56 bits per heavy atom. The van der Waals surface area contributed by atoms with Gasteiger partial charge in [0.2, 0.25) is 0 Å². The minimum absolute atomic E-state index is 0.155. The molecule has 0 spiro atoms. The molecule has 0 heterocycles. The molecule has 0 saturated heterocycles. The van der Waals surface area contributed by atoms with Crippen LogP contribution < -0.4 is 0 Å². The van der Waals surface area contributed by atoms with Crippen LogP contribution in [0.15, 0.2) is 24.3 Å². The summed E-state index contributed by atoms with van der Waals surface area (Å²) >= 11 is 0. The number of hydrogen-bond donors (Lipinski definition) is 1. The lowest BCUT2D eigenvalue weighted by Crippen LogP contribution is -2.06. The molecule has 1 atom stereocenters. The number of carbonyl (C=O) groups excluding carboxylic acids is 1. The number of carbonyl (C=O) groups is 1. The quantitative estimate of drug-likeness (QED) is 0.779. The van der Waals surface area contributed by atoms with Gasteiger partial charge in [-0.2, -0.15) is 0 Å². The number of benzene rings is 1. The van der Waals surface area contributed by atoms with Crippen molar-refractivity contribution >= 4 is 5.97 Å². The lowest BCUT2D eigenvalue weighted by molar-refractivity contribution is -0.140. The van der Waals surface area contributed by atoms with Gasteiger partial charge in [-0.3, -0.25) is 4.79 Å². The minimum Gasteiger partial charge on any atom is -0.508 e. The van der Waals surface area contributed by atoms with E-state index in [4.69, 9.17) is 5.11 Å². The third-order valence-electron chi connectivity index (χ3n) is 2.59. The Bertz CT molecular complexity index is 330. The molecule has 0 bridgehead atoms. The molecule has 0 amide bonds. The van der Waals surface area contributed by atoms with Gasteiger partial charge in [-0.15, -0.1) is 0 Å². The van der Waals surface area contributed by atoms with Crippen LogP contribution in [0.2, 0.25) is 0 Å². The maximum atomic E-state index is 11.0. The summed E-state index contributed by atoms with van der Waals surface area (Å²) in [6.45, 7) is 2.11. The van der Waals surface area contributed by atoms with E-state index in [9.17, 15) is 4.79 Å². The zero-order valence-corrected chi connectivity index (χ0v) is 9.77. The van der Waals surface area contributed by atoms with E-state index in [1.165, 1.54) is 12.7 Å². The Hall–Kier alpha value is -1.51. The van der Waals surface area contributed by atoms with Crippen molar-refractivity contribution in [1.29, 1.82) is 0 Å². The van der Waals surface area contributed by atoms with Gasteiger partial charge in [-0.1, -0.05) is 19.1 Å². The van der Waals surface area contributed by atoms with Gasteiger partial charge in [-0.05, 0) is 36.5 Å². The monoisotopic (exact) mass is 222 g/mol. The zero-order valence-electron chi connectivity index (χ0n) is 9.77. The highest BCUT2D eigenvalue weighted by Crippen LogP contribution is 2.16. The van der Waals surface area contributed by atoms with Crippen LogP contribution >= 0.6 is 0 Å². The normalized spacial score (nSPS) is 12.1. The second-order valence-corrected chi connectivity index (χ2v) is 4.09. The second-order valence-electron chi connectivity index (χ2n) is 4.09. The summed E-state index contributed by atoms with van der Waals surface area (Å²) in [4.78, 5) is 11.0. The van der Waals surface area contributed by atoms with Gasteiger partial charge < -0.3 is 9.84 Å². The van der Waals surface area contributed by atoms with Gasteiger partial charge >= 0.3 is 5.97 Å². The summed E-state index contributed by atoms with van der Waals surface area (Å²) in [6.07, 6.45) is 2.21. The smallest absolute Gasteiger partial charge is 0.305 e. The number of phenols is 1. The van der Waals surface area contributed by atoms with Gasteiger partial charge in [0.25, 0.3) is 0 Å². The molecule has 1 N–H and O–H groups in total. The summed E-state index contributed by atoms with van der Waals surface area (Å²) in [5, 5.41) is 9.14. The van der Waals surface area contributed by atoms with Crippen LogP contribution in [0.3, 0.4) is 0 Å². The van der Waals surface area contributed by atoms with Crippen LogP contribution in [-0.4, -0.2) is 18.2 Å². The molecule has 16 heavy (non-hydrogen) atoms. The van der Waals surface area contributed by atoms with Gasteiger partial charge in [0.1, 0.15) is 5.75 Å². The fourth-order valence-corrected chi connectivity index (χ4v) is 1.60. The number of ether oxygens (including phenoxy) is 1. The highest BCUT2D eigenvalue weighted by atomic mass is 16.5. The number of hydrogen-bond acceptors (Lipinski definition) is 3. The number of aromatic hydroxyl groups is 1. The van der Waals surface area contributed by atoms with E-state index < -0.39 is 0 Å². The summed E-state index contributed by atoms with van der Waals surface area (Å²) in [7, 11) is 1.41. The molecule has 0 aromatic heterocycles. The summed E-state index contributed by atoms with van der Waals surface area (Å²) in [6, 6.07) is 7.18. The van der Waals surface area contributed by atoms with E-state index in [1.54, 1.807) is 12.1 Å². The summed E-state index contributed by atoms with van der Waals surface area (Å²) in [5.41, 5.74) is 1.18. The molecule has 0 radical (unpaired) electrons. The van der Waals surface area contributed by atoms with Crippen molar-refractivity contribution in [1.82, 2.24) is 0 Å². The molecule has 1 aromatic rings. The van der Waals surface area contributed by atoms with E-state index in [0.717, 1.165) is 12.8 Å². The molecule has 0 saturated carbocycles. The fourth-order valence-electron chi connectivity index (χ4n) is 1.60. The average molecular weight is 222 g/mol. The molecule has 1 rings (SSSR count). The maximum absolute atomic E-state index is 11.0. The van der Waals surface area contributed by atoms with Crippen molar-refractivity contribution in [3.63, 3.8) is 0 Å². The van der Waals surface area contributed by atoms with Gasteiger partial charge in [0, 0.05) is 6.42 Å². The molecule has 1 aromatic carbocycles. The minimum atomic E-state index is -0.155. The molecular formula is C13H18O3. The molecule has 0 aliphatic heterocycles. The van der Waals surface area contributed by atoms with Gasteiger partial charge in [0.15, 0.2) is 0 Å². The molecule has 0 unspecified atom stereocenters. The van der Waals surface area contributed by atoms with Crippen LogP contribution in [0.5, 0.6) is 5.75 Å². The molecule has 3 nitrogen and oxygen atoms in total. The van der Waals surface area contributed by atoms with Crippen LogP contribution in [0.25, 0.3) is 0 Å². The van der Waals surface area contributed by atoms with Crippen molar-refractivity contribution in [3.05, 3.63) is 29.8 Å². The summed E-state index contributed by atoms with van der Waals surface area (Å²) in [5.74, 6) is 0.562.